The highest BCUT2D eigenvalue weighted by Crippen LogP contribution is 2.79. The Labute approximate surface area is 176 Å². The molecular weight excluding hydrogens is 365 g/mol. The molecule has 0 aromatic carbocycles. The minimum absolute atomic E-state index is 0.0464. The van der Waals surface area contributed by atoms with Crippen molar-refractivity contribution in [1.82, 2.24) is 15.5 Å². The molecule has 0 radical (unpaired) electrons. The van der Waals surface area contributed by atoms with Crippen LogP contribution in [0.5, 0.6) is 0 Å². The molecule has 1 amide bonds. The van der Waals surface area contributed by atoms with Gasteiger partial charge >= 0.3 is 7.12 Å². The molecule has 3 saturated carbocycles. The maximum absolute atomic E-state index is 13.0. The van der Waals surface area contributed by atoms with E-state index >= 15 is 0 Å². The fourth-order valence-electron chi connectivity index (χ4n) is 7.40. The van der Waals surface area contributed by atoms with Gasteiger partial charge in [0.2, 0.25) is 5.91 Å². The van der Waals surface area contributed by atoms with Crippen LogP contribution in [0.2, 0.25) is 0 Å². The molecule has 6 aliphatic rings. The highest BCUT2D eigenvalue weighted by atomic mass is 16.7. The average Bonchev–Trinajstić information content (AvgIpc) is 3.39. The number of hydrogen-bond donors (Lipinski definition) is 2. The summed E-state index contributed by atoms with van der Waals surface area (Å²) in [7, 11) is -0.292. The summed E-state index contributed by atoms with van der Waals surface area (Å²) >= 11 is 0. The van der Waals surface area contributed by atoms with Crippen LogP contribution in [0.25, 0.3) is 0 Å². The standard InChI is InChI=1S/C22H38BN3O3/c1-19(2)20(3)11-16-22(5,21(19,4)14-20)29-23(28-16)17-7-6-10-26(17)18(27)13-25-15-8-9-24-12-15/h15-17,24-25H,6-14H2,1-5H3/t15-,16-,17+,20+,21+,22-/m1/s1. The summed E-state index contributed by atoms with van der Waals surface area (Å²) in [5.41, 5.74) is 0.378. The van der Waals surface area contributed by atoms with Gasteiger partial charge in [-0.2, -0.15) is 0 Å². The Kier molecular flexibility index (Phi) is 4.51. The monoisotopic (exact) mass is 403 g/mol. The Morgan fingerprint density at radius 1 is 1.24 bits per heavy atom. The van der Waals surface area contributed by atoms with Gasteiger partial charge in [0.25, 0.3) is 0 Å². The molecule has 6 rings (SSSR count). The molecule has 0 aromatic rings. The van der Waals surface area contributed by atoms with Gasteiger partial charge in [0.1, 0.15) is 0 Å². The molecule has 2 bridgehead atoms. The molecule has 2 N–H and O–H groups in total. The van der Waals surface area contributed by atoms with Gasteiger partial charge in [-0.25, -0.2) is 0 Å². The van der Waals surface area contributed by atoms with Crippen molar-refractivity contribution in [2.24, 2.45) is 16.2 Å². The maximum Gasteiger partial charge on any atom is 0.481 e. The molecule has 3 aliphatic heterocycles. The van der Waals surface area contributed by atoms with Gasteiger partial charge in [0.15, 0.2) is 0 Å². The van der Waals surface area contributed by atoms with Gasteiger partial charge in [-0.1, -0.05) is 27.7 Å². The van der Waals surface area contributed by atoms with Crippen LogP contribution < -0.4 is 10.6 Å². The highest BCUT2D eigenvalue weighted by molar-refractivity contribution is 6.48. The molecule has 0 spiro atoms. The van der Waals surface area contributed by atoms with Gasteiger partial charge in [0.05, 0.1) is 24.2 Å². The Hall–Kier alpha value is -0.625. The Balaban J connectivity index is 1.29. The fraction of sp³-hybridized carbons (Fsp3) is 0.955. The van der Waals surface area contributed by atoms with Crippen molar-refractivity contribution >= 4 is 13.0 Å². The molecule has 162 valence electrons. The van der Waals surface area contributed by atoms with Crippen molar-refractivity contribution in [3.63, 3.8) is 0 Å². The molecule has 0 unspecified atom stereocenters. The zero-order chi connectivity index (χ0) is 20.7. The average molecular weight is 403 g/mol. The van der Waals surface area contributed by atoms with Gasteiger partial charge in [0, 0.05) is 24.5 Å². The van der Waals surface area contributed by atoms with E-state index in [1.807, 2.05) is 4.90 Å². The van der Waals surface area contributed by atoms with Crippen LogP contribution in [0.4, 0.5) is 0 Å². The number of amides is 1. The third-order valence-corrected chi connectivity index (χ3v) is 10.2. The summed E-state index contributed by atoms with van der Waals surface area (Å²) in [6.45, 7) is 15.1. The normalized spacial score (nSPS) is 48.0. The van der Waals surface area contributed by atoms with Gasteiger partial charge in [-0.15, -0.1) is 0 Å². The lowest BCUT2D eigenvalue weighted by Gasteiger charge is -2.77. The number of likely N-dealkylation sites (tertiary alicyclic amines) is 1. The van der Waals surface area contributed by atoms with Crippen LogP contribution in [0.3, 0.4) is 0 Å². The number of rotatable bonds is 4. The third kappa shape index (κ3) is 2.60. The predicted molar refractivity (Wildman–Crippen MR) is 113 cm³/mol. The topological polar surface area (TPSA) is 62.8 Å². The molecule has 3 aliphatic carbocycles. The van der Waals surface area contributed by atoms with E-state index in [0.29, 0.717) is 18.0 Å². The first-order valence-electron chi connectivity index (χ1n) is 11.7. The Morgan fingerprint density at radius 2 is 2.03 bits per heavy atom. The molecular formula is C22H38BN3O3. The second-order valence-corrected chi connectivity index (χ2v) is 11.5. The molecule has 6 fully saturated rings. The highest BCUT2D eigenvalue weighted by Gasteiger charge is 2.79. The zero-order valence-electron chi connectivity index (χ0n) is 18.8. The smallest absolute Gasteiger partial charge is 0.404 e. The Morgan fingerprint density at radius 3 is 2.72 bits per heavy atom. The summed E-state index contributed by atoms with van der Waals surface area (Å²) in [5, 5.41) is 6.77. The maximum atomic E-state index is 13.0. The third-order valence-electron chi connectivity index (χ3n) is 10.2. The molecule has 3 saturated heterocycles. The lowest BCUT2D eigenvalue weighted by molar-refractivity contribution is -0.310. The second kappa shape index (κ2) is 6.44. The van der Waals surface area contributed by atoms with E-state index in [2.05, 4.69) is 45.3 Å². The van der Waals surface area contributed by atoms with E-state index in [1.165, 1.54) is 6.42 Å². The summed E-state index contributed by atoms with van der Waals surface area (Å²) in [4.78, 5) is 15.0. The first-order valence-corrected chi connectivity index (χ1v) is 11.7. The minimum Gasteiger partial charge on any atom is -0.404 e. The van der Waals surface area contributed by atoms with E-state index in [1.54, 1.807) is 0 Å². The second-order valence-electron chi connectivity index (χ2n) is 11.5. The van der Waals surface area contributed by atoms with Crippen molar-refractivity contribution in [3.05, 3.63) is 0 Å². The Bertz CT molecular complexity index is 699. The van der Waals surface area contributed by atoms with Crippen molar-refractivity contribution in [2.45, 2.75) is 90.4 Å². The quantitative estimate of drug-likeness (QED) is 0.703. The van der Waals surface area contributed by atoms with Crippen molar-refractivity contribution in [1.29, 1.82) is 0 Å². The minimum atomic E-state index is -0.292. The summed E-state index contributed by atoms with van der Waals surface area (Å²) in [6, 6.07) is 0.412. The number of nitrogens with one attached hydrogen (secondary N) is 2. The largest absolute Gasteiger partial charge is 0.481 e. The SMILES string of the molecule is CC1(C)[C@@]2(C)C[C@H]3OB([C@@H]4CCCN4C(=O)CN[C@@H]4CCNC4)O[C@@]3(C)[C@@]1(C)C2. The molecule has 6 nitrogen and oxygen atoms in total. The fourth-order valence-corrected chi connectivity index (χ4v) is 7.40. The molecule has 29 heavy (non-hydrogen) atoms. The van der Waals surface area contributed by atoms with Gasteiger partial charge in [-0.3, -0.25) is 4.79 Å². The molecule has 6 atom stereocenters. The lowest BCUT2D eigenvalue weighted by atomic mass is 9.29. The van der Waals surface area contributed by atoms with Gasteiger partial charge < -0.3 is 24.8 Å². The first kappa shape index (κ1) is 20.3. The van der Waals surface area contributed by atoms with E-state index in [0.717, 1.165) is 45.3 Å². The van der Waals surface area contributed by atoms with Crippen molar-refractivity contribution in [3.8, 4) is 0 Å². The van der Waals surface area contributed by atoms with Crippen LogP contribution in [-0.2, 0) is 14.1 Å². The number of hydrogen-bond acceptors (Lipinski definition) is 5. The van der Waals surface area contributed by atoms with Crippen LogP contribution in [0.1, 0.15) is 66.7 Å². The lowest BCUT2D eigenvalue weighted by Crippen LogP contribution is -2.76. The van der Waals surface area contributed by atoms with Crippen molar-refractivity contribution in [2.75, 3.05) is 26.2 Å². The van der Waals surface area contributed by atoms with Crippen LogP contribution >= 0.6 is 0 Å². The van der Waals surface area contributed by atoms with Crippen LogP contribution in [0.15, 0.2) is 0 Å². The molecule has 0 aromatic heterocycles. The van der Waals surface area contributed by atoms with Crippen LogP contribution in [-0.4, -0.2) is 67.8 Å². The van der Waals surface area contributed by atoms with E-state index < -0.39 is 0 Å². The number of carbonyl (C=O) groups excluding carboxylic acids is 1. The van der Waals surface area contributed by atoms with Crippen LogP contribution in [0, 0.1) is 16.2 Å². The van der Waals surface area contributed by atoms with E-state index in [9.17, 15) is 4.79 Å². The summed E-state index contributed by atoms with van der Waals surface area (Å²) < 4.78 is 13.4. The molecule has 3 heterocycles. The van der Waals surface area contributed by atoms with Crippen molar-refractivity contribution < 1.29 is 14.1 Å². The molecule has 7 heteroatoms. The number of nitrogens with zero attached hydrogens (tertiary/aromatic N) is 1. The number of carbonyl (C=O) groups is 1. The first-order chi connectivity index (χ1) is 13.6. The predicted octanol–water partition coefficient (Wildman–Crippen LogP) is 1.98. The van der Waals surface area contributed by atoms with E-state index in [4.69, 9.17) is 9.31 Å². The van der Waals surface area contributed by atoms with E-state index in [-0.39, 0.29) is 41.5 Å². The zero-order valence-corrected chi connectivity index (χ0v) is 18.8. The summed E-state index contributed by atoms with van der Waals surface area (Å²) in [5.74, 6) is 0.236. The summed E-state index contributed by atoms with van der Waals surface area (Å²) in [6.07, 6.45) is 5.49. The van der Waals surface area contributed by atoms with Gasteiger partial charge in [-0.05, 0) is 56.4 Å².